The number of fused-ring (bicyclic) bond motifs is 1. The number of carbonyl (C=O) groups excluding carboxylic acids is 1. The molecule has 1 aliphatic rings. The van der Waals surface area contributed by atoms with Crippen molar-refractivity contribution in [2.45, 2.75) is 4.90 Å². The molecule has 2 aromatic carbocycles. The molecule has 0 aliphatic carbocycles. The lowest BCUT2D eigenvalue weighted by Crippen LogP contribution is -2.50. The lowest BCUT2D eigenvalue weighted by Gasteiger charge is -2.34. The summed E-state index contributed by atoms with van der Waals surface area (Å²) in [4.78, 5) is 26.3. The van der Waals surface area contributed by atoms with Gasteiger partial charge in [-0.15, -0.1) is 0 Å². The van der Waals surface area contributed by atoms with Gasteiger partial charge >= 0.3 is 4.87 Å². The van der Waals surface area contributed by atoms with Crippen LogP contribution < -0.4 is 9.61 Å². The van der Waals surface area contributed by atoms with Crippen LogP contribution in [0.5, 0.6) is 5.75 Å². The predicted octanol–water partition coefficient (Wildman–Crippen LogP) is 1.76. The summed E-state index contributed by atoms with van der Waals surface area (Å²) in [6, 6.07) is 11.7. The molecule has 1 fully saturated rings. The van der Waals surface area contributed by atoms with Gasteiger partial charge in [-0.25, -0.2) is 8.42 Å². The van der Waals surface area contributed by atoms with E-state index in [2.05, 4.69) is 0 Å². The smallest absolute Gasteiger partial charge is 0.307 e. The molecule has 4 rings (SSSR count). The van der Waals surface area contributed by atoms with Crippen molar-refractivity contribution in [2.24, 2.45) is 7.05 Å². The van der Waals surface area contributed by atoms with Crippen LogP contribution in [-0.4, -0.2) is 61.4 Å². The molecule has 0 N–H and O–H groups in total. The first kappa shape index (κ1) is 20.6. The van der Waals surface area contributed by atoms with Crippen molar-refractivity contribution >= 4 is 37.5 Å². The number of aromatic nitrogens is 1. The van der Waals surface area contributed by atoms with Gasteiger partial charge in [0, 0.05) is 33.2 Å². The standard InChI is InChI=1S/C20H21N3O5S2/c1-21-16-8-7-14(13-18(16)29-20(21)25)30(26,27)23-11-9-22(10-12-23)19(24)15-5-3-4-6-17(15)28-2/h3-8,13H,9-12H2,1-2H3. The van der Waals surface area contributed by atoms with E-state index in [1.54, 1.807) is 48.3 Å². The van der Waals surface area contributed by atoms with Crippen LogP contribution in [0.3, 0.4) is 0 Å². The molecular formula is C20H21N3O5S2. The average molecular weight is 448 g/mol. The number of piperazine rings is 1. The number of hydrogen-bond donors (Lipinski definition) is 0. The van der Waals surface area contributed by atoms with Gasteiger partial charge in [-0.3, -0.25) is 9.59 Å². The number of thiazole rings is 1. The monoisotopic (exact) mass is 447 g/mol. The second-order valence-electron chi connectivity index (χ2n) is 6.95. The third-order valence-corrected chi connectivity index (χ3v) is 8.15. The highest BCUT2D eigenvalue weighted by molar-refractivity contribution is 7.89. The molecule has 0 radical (unpaired) electrons. The summed E-state index contributed by atoms with van der Waals surface area (Å²) < 4.78 is 35.0. The van der Waals surface area contributed by atoms with Crippen LogP contribution in [0.15, 0.2) is 52.2 Å². The summed E-state index contributed by atoms with van der Waals surface area (Å²) in [5.41, 5.74) is 1.16. The minimum atomic E-state index is -3.72. The third-order valence-electron chi connectivity index (χ3n) is 5.26. The van der Waals surface area contributed by atoms with Crippen molar-refractivity contribution in [1.82, 2.24) is 13.8 Å². The Balaban J connectivity index is 1.52. The minimum absolute atomic E-state index is 0.136. The number of ether oxygens (including phenoxy) is 1. The first-order valence-corrected chi connectivity index (χ1v) is 11.6. The van der Waals surface area contributed by atoms with Crippen LogP contribution in [0.1, 0.15) is 10.4 Å². The van der Waals surface area contributed by atoms with Gasteiger partial charge in [-0.2, -0.15) is 4.31 Å². The molecule has 1 aliphatic heterocycles. The second kappa shape index (κ2) is 7.86. The van der Waals surface area contributed by atoms with E-state index in [4.69, 9.17) is 4.74 Å². The van der Waals surface area contributed by atoms with Crippen LogP contribution >= 0.6 is 11.3 Å². The molecule has 3 aromatic rings. The molecule has 0 atom stereocenters. The summed E-state index contributed by atoms with van der Waals surface area (Å²) in [5, 5.41) is 0. The number of hydrogen-bond acceptors (Lipinski definition) is 6. The maximum Gasteiger partial charge on any atom is 0.307 e. The fourth-order valence-electron chi connectivity index (χ4n) is 3.55. The van der Waals surface area contributed by atoms with E-state index >= 15 is 0 Å². The largest absolute Gasteiger partial charge is 0.496 e. The number of carbonyl (C=O) groups is 1. The molecule has 0 saturated carbocycles. The lowest BCUT2D eigenvalue weighted by molar-refractivity contribution is 0.0694. The zero-order valence-corrected chi connectivity index (χ0v) is 18.2. The molecule has 8 nitrogen and oxygen atoms in total. The van der Waals surface area contributed by atoms with Gasteiger partial charge < -0.3 is 14.2 Å². The van der Waals surface area contributed by atoms with Gasteiger partial charge in [-0.1, -0.05) is 23.5 Å². The Morgan fingerprint density at radius 2 is 1.77 bits per heavy atom. The summed E-state index contributed by atoms with van der Waals surface area (Å²) >= 11 is 1.02. The fourth-order valence-corrected chi connectivity index (χ4v) is 5.99. The zero-order chi connectivity index (χ0) is 21.5. The van der Waals surface area contributed by atoms with Gasteiger partial charge in [0.15, 0.2) is 0 Å². The molecule has 10 heteroatoms. The first-order valence-electron chi connectivity index (χ1n) is 9.35. The van der Waals surface area contributed by atoms with Gasteiger partial charge in [0.05, 0.1) is 27.8 Å². The average Bonchev–Trinajstić information content (AvgIpc) is 3.06. The highest BCUT2D eigenvalue weighted by atomic mass is 32.2. The van der Waals surface area contributed by atoms with Gasteiger partial charge in [-0.05, 0) is 30.3 Å². The second-order valence-corrected chi connectivity index (χ2v) is 9.88. The number of sulfonamides is 1. The molecule has 30 heavy (non-hydrogen) atoms. The molecule has 2 heterocycles. The molecule has 1 saturated heterocycles. The SMILES string of the molecule is COc1ccccc1C(=O)N1CCN(S(=O)(=O)c2ccc3c(c2)sc(=O)n3C)CC1. The van der Waals surface area contributed by atoms with E-state index in [0.29, 0.717) is 21.5 Å². The lowest BCUT2D eigenvalue weighted by atomic mass is 10.1. The van der Waals surface area contributed by atoms with Crippen molar-refractivity contribution in [3.63, 3.8) is 0 Å². The van der Waals surface area contributed by atoms with Gasteiger partial charge in [0.1, 0.15) is 5.75 Å². The zero-order valence-electron chi connectivity index (χ0n) is 16.6. The maximum absolute atomic E-state index is 13.1. The number of rotatable bonds is 4. The summed E-state index contributed by atoms with van der Waals surface area (Å²) in [7, 11) is -0.547. The first-order chi connectivity index (χ1) is 14.3. The van der Waals surface area contributed by atoms with Crippen molar-refractivity contribution in [3.8, 4) is 5.75 Å². The number of amides is 1. The van der Waals surface area contributed by atoms with Crippen LogP contribution in [0, 0.1) is 0 Å². The quantitative estimate of drug-likeness (QED) is 0.608. The van der Waals surface area contributed by atoms with E-state index < -0.39 is 10.0 Å². The van der Waals surface area contributed by atoms with Crippen molar-refractivity contribution in [2.75, 3.05) is 33.3 Å². The summed E-state index contributed by atoms with van der Waals surface area (Å²) in [6.07, 6.45) is 0. The summed E-state index contributed by atoms with van der Waals surface area (Å²) in [6.45, 7) is 0.979. The molecule has 0 bridgehead atoms. The van der Waals surface area contributed by atoms with E-state index in [-0.39, 0.29) is 41.9 Å². The van der Waals surface area contributed by atoms with Crippen LogP contribution in [0.4, 0.5) is 0 Å². The number of aryl methyl sites for hydroxylation is 1. The van der Waals surface area contributed by atoms with Crippen LogP contribution in [0.2, 0.25) is 0 Å². The molecule has 158 valence electrons. The highest BCUT2D eigenvalue weighted by Gasteiger charge is 2.31. The van der Waals surface area contributed by atoms with Gasteiger partial charge in [0.2, 0.25) is 10.0 Å². The van der Waals surface area contributed by atoms with E-state index in [1.807, 2.05) is 0 Å². The van der Waals surface area contributed by atoms with E-state index in [0.717, 1.165) is 11.3 Å². The topological polar surface area (TPSA) is 88.9 Å². The normalized spacial score (nSPS) is 15.5. The Labute approximate surface area is 178 Å². The minimum Gasteiger partial charge on any atom is -0.496 e. The molecule has 0 spiro atoms. The number of nitrogens with zero attached hydrogens (tertiary/aromatic N) is 3. The van der Waals surface area contributed by atoms with Crippen LogP contribution in [0.25, 0.3) is 10.2 Å². The van der Waals surface area contributed by atoms with E-state index in [1.165, 1.54) is 22.0 Å². The number of benzene rings is 2. The van der Waals surface area contributed by atoms with Crippen molar-refractivity contribution in [1.29, 1.82) is 0 Å². The Kier molecular flexibility index (Phi) is 5.39. The number of methoxy groups -OCH3 is 1. The predicted molar refractivity (Wildman–Crippen MR) is 115 cm³/mol. The number of para-hydroxylation sites is 1. The van der Waals surface area contributed by atoms with Crippen molar-refractivity contribution < 1.29 is 17.9 Å². The maximum atomic E-state index is 13.1. The van der Waals surface area contributed by atoms with Crippen molar-refractivity contribution in [3.05, 3.63) is 57.7 Å². The van der Waals surface area contributed by atoms with Crippen LogP contribution in [-0.2, 0) is 17.1 Å². The van der Waals surface area contributed by atoms with E-state index in [9.17, 15) is 18.0 Å². The Morgan fingerprint density at radius 3 is 2.47 bits per heavy atom. The Hall–Kier alpha value is -2.69. The molecule has 1 amide bonds. The fraction of sp³-hybridized carbons (Fsp3) is 0.300. The summed E-state index contributed by atoms with van der Waals surface area (Å²) in [5.74, 6) is 0.313. The Bertz CT molecular complexity index is 1270. The molecular weight excluding hydrogens is 426 g/mol. The highest BCUT2D eigenvalue weighted by Crippen LogP contribution is 2.25. The Morgan fingerprint density at radius 1 is 1.07 bits per heavy atom. The molecule has 0 unspecified atom stereocenters. The van der Waals surface area contributed by atoms with Gasteiger partial charge in [0.25, 0.3) is 5.91 Å². The molecule has 1 aromatic heterocycles. The third kappa shape index (κ3) is 3.51.